The standard InChI is InChI=1S/C11H10F7N/c1-19(8-5-3-2-4-6-8)7-9(12,13)10(14,15)11(16,17)18/h2-6H,7H2,1H3. The lowest BCUT2D eigenvalue weighted by molar-refractivity contribution is -0.351. The largest absolute Gasteiger partial charge is 0.459 e. The van der Waals surface area contributed by atoms with Gasteiger partial charge in [-0.05, 0) is 12.1 Å². The number of halogens is 7. The highest BCUT2D eigenvalue weighted by atomic mass is 19.4. The Labute approximate surface area is 104 Å². The van der Waals surface area contributed by atoms with Crippen molar-refractivity contribution < 1.29 is 30.7 Å². The molecule has 8 heteroatoms. The molecule has 0 atom stereocenters. The number of anilines is 1. The van der Waals surface area contributed by atoms with E-state index in [1.807, 2.05) is 0 Å². The number of nitrogens with zero attached hydrogens (tertiary/aromatic N) is 1. The maximum absolute atomic E-state index is 13.1. The zero-order valence-corrected chi connectivity index (χ0v) is 9.69. The van der Waals surface area contributed by atoms with Gasteiger partial charge in [0, 0.05) is 12.7 Å². The van der Waals surface area contributed by atoms with Gasteiger partial charge in [-0.3, -0.25) is 0 Å². The molecule has 0 N–H and O–H groups in total. The number of rotatable bonds is 4. The van der Waals surface area contributed by atoms with Gasteiger partial charge in [0.05, 0.1) is 6.54 Å². The SMILES string of the molecule is CN(CC(F)(F)C(F)(F)C(F)(F)F)c1ccccc1. The van der Waals surface area contributed by atoms with Gasteiger partial charge in [0.2, 0.25) is 0 Å². The Kier molecular flexibility index (Phi) is 4.02. The first kappa shape index (κ1) is 15.6. The first-order valence-corrected chi connectivity index (χ1v) is 5.07. The number of alkyl halides is 7. The van der Waals surface area contributed by atoms with Crippen LogP contribution in [0.4, 0.5) is 36.4 Å². The molecule has 0 saturated carbocycles. The van der Waals surface area contributed by atoms with E-state index in [4.69, 9.17) is 0 Å². The van der Waals surface area contributed by atoms with Crippen molar-refractivity contribution in [2.24, 2.45) is 0 Å². The van der Waals surface area contributed by atoms with Crippen molar-refractivity contribution >= 4 is 5.69 Å². The molecule has 0 saturated heterocycles. The van der Waals surface area contributed by atoms with Gasteiger partial charge in [0.1, 0.15) is 0 Å². The summed E-state index contributed by atoms with van der Waals surface area (Å²) >= 11 is 0. The van der Waals surface area contributed by atoms with Crippen molar-refractivity contribution in [3.63, 3.8) is 0 Å². The van der Waals surface area contributed by atoms with Gasteiger partial charge >= 0.3 is 18.0 Å². The average molecular weight is 289 g/mol. The Balaban J connectivity index is 2.91. The molecule has 0 unspecified atom stereocenters. The highest BCUT2D eigenvalue weighted by molar-refractivity contribution is 5.45. The monoisotopic (exact) mass is 289 g/mol. The lowest BCUT2D eigenvalue weighted by Gasteiger charge is -2.32. The molecule has 1 aromatic carbocycles. The van der Waals surface area contributed by atoms with Gasteiger partial charge < -0.3 is 4.90 Å². The maximum atomic E-state index is 13.1. The fourth-order valence-electron chi connectivity index (χ4n) is 1.38. The Morgan fingerprint density at radius 1 is 0.895 bits per heavy atom. The third-order valence-electron chi connectivity index (χ3n) is 2.45. The maximum Gasteiger partial charge on any atom is 0.459 e. The minimum Gasteiger partial charge on any atom is -0.368 e. The topological polar surface area (TPSA) is 3.24 Å². The minimum absolute atomic E-state index is 0.111. The molecule has 0 radical (unpaired) electrons. The van der Waals surface area contributed by atoms with Crippen LogP contribution in [0.25, 0.3) is 0 Å². The lowest BCUT2D eigenvalue weighted by atomic mass is 10.1. The number of hydrogen-bond donors (Lipinski definition) is 0. The molecule has 0 aliphatic carbocycles. The van der Waals surface area contributed by atoms with E-state index in [-0.39, 0.29) is 5.69 Å². The Morgan fingerprint density at radius 2 is 1.37 bits per heavy atom. The van der Waals surface area contributed by atoms with E-state index in [2.05, 4.69) is 0 Å². The van der Waals surface area contributed by atoms with Gasteiger partial charge in [-0.1, -0.05) is 18.2 Å². The van der Waals surface area contributed by atoms with Crippen LogP contribution in [0.1, 0.15) is 0 Å². The molecule has 0 aromatic heterocycles. The second kappa shape index (κ2) is 4.90. The summed E-state index contributed by atoms with van der Waals surface area (Å²) < 4.78 is 87.4. The first-order chi connectivity index (χ1) is 8.49. The molecule has 108 valence electrons. The Morgan fingerprint density at radius 3 is 1.79 bits per heavy atom. The van der Waals surface area contributed by atoms with Gasteiger partial charge in [0.15, 0.2) is 0 Å². The lowest BCUT2D eigenvalue weighted by Crippen LogP contribution is -2.56. The summed E-state index contributed by atoms with van der Waals surface area (Å²) in [6.45, 7) is -1.75. The van der Waals surface area contributed by atoms with Crippen molar-refractivity contribution in [3.8, 4) is 0 Å². The van der Waals surface area contributed by atoms with Gasteiger partial charge in [-0.2, -0.15) is 30.7 Å². The number of hydrogen-bond acceptors (Lipinski definition) is 1. The molecule has 0 heterocycles. The number of para-hydroxylation sites is 1. The van der Waals surface area contributed by atoms with Crippen LogP contribution in [-0.2, 0) is 0 Å². The van der Waals surface area contributed by atoms with Crippen LogP contribution < -0.4 is 4.90 Å². The quantitative estimate of drug-likeness (QED) is 0.758. The van der Waals surface area contributed by atoms with Crippen molar-refractivity contribution in [2.45, 2.75) is 18.0 Å². The van der Waals surface area contributed by atoms with Crippen molar-refractivity contribution in [1.82, 2.24) is 0 Å². The summed E-state index contributed by atoms with van der Waals surface area (Å²) in [5.41, 5.74) is 0.111. The van der Waals surface area contributed by atoms with Crippen molar-refractivity contribution in [1.29, 1.82) is 0 Å². The normalized spacial score (nSPS) is 13.5. The highest BCUT2D eigenvalue weighted by Gasteiger charge is 2.73. The average Bonchev–Trinajstić information content (AvgIpc) is 2.28. The smallest absolute Gasteiger partial charge is 0.368 e. The van der Waals surface area contributed by atoms with Crippen molar-refractivity contribution in [2.75, 3.05) is 18.5 Å². The first-order valence-electron chi connectivity index (χ1n) is 5.07. The summed E-state index contributed by atoms with van der Waals surface area (Å²) in [6.07, 6.45) is -6.30. The molecule has 0 bridgehead atoms. The molecule has 0 aliphatic rings. The summed E-state index contributed by atoms with van der Waals surface area (Å²) in [6, 6.07) is 7.10. The zero-order valence-electron chi connectivity index (χ0n) is 9.69. The predicted octanol–water partition coefficient (Wildman–Crippen LogP) is 3.96. The summed E-state index contributed by atoms with van der Waals surface area (Å²) in [5.74, 6) is -11.3. The molecule has 1 aromatic rings. The van der Waals surface area contributed by atoms with Gasteiger partial charge in [-0.15, -0.1) is 0 Å². The number of benzene rings is 1. The molecule has 0 spiro atoms. The van der Waals surface area contributed by atoms with Crippen LogP contribution in [0.5, 0.6) is 0 Å². The Bertz CT molecular complexity index is 413. The highest BCUT2D eigenvalue weighted by Crippen LogP contribution is 2.46. The van der Waals surface area contributed by atoms with E-state index in [0.29, 0.717) is 4.90 Å². The molecule has 0 fully saturated rings. The van der Waals surface area contributed by atoms with Gasteiger partial charge in [0.25, 0.3) is 0 Å². The fourth-order valence-corrected chi connectivity index (χ4v) is 1.38. The van der Waals surface area contributed by atoms with E-state index >= 15 is 0 Å². The van der Waals surface area contributed by atoms with Crippen molar-refractivity contribution in [3.05, 3.63) is 30.3 Å². The molecule has 1 rings (SSSR count). The summed E-state index contributed by atoms with van der Waals surface area (Å²) in [4.78, 5) is 0.639. The Hall–Kier alpha value is -1.47. The third kappa shape index (κ3) is 3.10. The van der Waals surface area contributed by atoms with Crippen LogP contribution in [0, 0.1) is 0 Å². The molecule has 19 heavy (non-hydrogen) atoms. The molecule has 0 aliphatic heterocycles. The fraction of sp³-hybridized carbons (Fsp3) is 0.455. The van der Waals surface area contributed by atoms with E-state index in [0.717, 1.165) is 7.05 Å². The summed E-state index contributed by atoms with van der Waals surface area (Å²) in [5, 5.41) is 0. The van der Waals surface area contributed by atoms with Crippen LogP contribution >= 0.6 is 0 Å². The van der Waals surface area contributed by atoms with Crippen LogP contribution in [0.15, 0.2) is 30.3 Å². The minimum atomic E-state index is -6.30. The van der Waals surface area contributed by atoms with Crippen LogP contribution in [0.2, 0.25) is 0 Å². The second-order valence-corrected chi connectivity index (χ2v) is 3.97. The van der Waals surface area contributed by atoms with Crippen LogP contribution in [-0.4, -0.2) is 31.6 Å². The molecular weight excluding hydrogens is 279 g/mol. The van der Waals surface area contributed by atoms with E-state index in [1.54, 1.807) is 6.07 Å². The van der Waals surface area contributed by atoms with Crippen LogP contribution in [0.3, 0.4) is 0 Å². The molecule has 0 amide bonds. The van der Waals surface area contributed by atoms with E-state index < -0.39 is 24.6 Å². The van der Waals surface area contributed by atoms with E-state index in [1.165, 1.54) is 24.3 Å². The predicted molar refractivity (Wildman–Crippen MR) is 55.7 cm³/mol. The van der Waals surface area contributed by atoms with E-state index in [9.17, 15) is 30.7 Å². The molecule has 1 nitrogen and oxygen atoms in total. The van der Waals surface area contributed by atoms with Gasteiger partial charge in [-0.25, -0.2) is 0 Å². The summed E-state index contributed by atoms with van der Waals surface area (Å²) in [7, 11) is 1.01. The third-order valence-corrected chi connectivity index (χ3v) is 2.45. The zero-order chi connectivity index (χ0) is 14.9. The molecular formula is C11H10F7N. The second-order valence-electron chi connectivity index (χ2n) is 3.97.